The van der Waals surface area contributed by atoms with Gasteiger partial charge in [0.25, 0.3) is 5.91 Å². The molecule has 0 aromatic heterocycles. The monoisotopic (exact) mass is 681 g/mol. The van der Waals surface area contributed by atoms with Crippen LogP contribution in [-0.2, 0) is 24.3 Å². The molecule has 0 unspecified atom stereocenters. The highest BCUT2D eigenvalue weighted by atomic mass is 35.5. The van der Waals surface area contributed by atoms with Gasteiger partial charge in [0.15, 0.2) is 5.78 Å². The number of benzene rings is 1. The minimum Gasteiger partial charge on any atom is -0.366 e. The van der Waals surface area contributed by atoms with E-state index in [4.69, 9.17) is 16.3 Å². The number of rotatable bonds is 6. The van der Waals surface area contributed by atoms with Crippen LogP contribution in [0.3, 0.4) is 0 Å². The number of alkyl halides is 1. The average molecular weight is 682 g/mol. The number of ketones is 1. The van der Waals surface area contributed by atoms with Crippen LogP contribution in [0.4, 0.5) is 5.69 Å². The maximum absolute atomic E-state index is 13.7. The number of sulfonamides is 1. The summed E-state index contributed by atoms with van der Waals surface area (Å²) < 4.78 is 30.7. The van der Waals surface area contributed by atoms with E-state index in [1.54, 1.807) is 0 Å². The molecule has 4 atom stereocenters. The molecular weight excluding hydrogens is 642 g/mol. The molecular formula is C23H40ClN3O6S6. The van der Waals surface area contributed by atoms with Crippen LogP contribution in [0, 0.1) is 11.8 Å². The summed E-state index contributed by atoms with van der Waals surface area (Å²) in [6, 6.07) is 4.49. The van der Waals surface area contributed by atoms with Crippen molar-refractivity contribution in [2.75, 3.05) is 24.1 Å². The third-order valence-electron chi connectivity index (χ3n) is 6.94. The van der Waals surface area contributed by atoms with Crippen LogP contribution >= 0.6 is 79.1 Å². The highest BCUT2D eigenvalue weighted by molar-refractivity contribution is 7.92. The van der Waals surface area contributed by atoms with Gasteiger partial charge in [-0.3, -0.25) is 19.1 Å². The lowest BCUT2D eigenvalue weighted by Gasteiger charge is -2.35. The highest BCUT2D eigenvalue weighted by Crippen LogP contribution is 2.35. The van der Waals surface area contributed by atoms with Crippen LogP contribution in [0.25, 0.3) is 0 Å². The van der Waals surface area contributed by atoms with E-state index in [1.165, 1.54) is 29.2 Å². The van der Waals surface area contributed by atoms with E-state index in [-0.39, 0.29) is 98.2 Å². The Kier molecular flexibility index (Phi) is 17.6. The van der Waals surface area contributed by atoms with Crippen molar-refractivity contribution >= 4 is 112 Å². The maximum atomic E-state index is 13.7. The lowest BCUT2D eigenvalue weighted by Crippen LogP contribution is -2.55. The number of carbonyl (C=O) groups excluding carboxylic acids is 3. The van der Waals surface area contributed by atoms with Crippen molar-refractivity contribution in [1.29, 1.82) is 0 Å². The Labute approximate surface area is 270 Å². The van der Waals surface area contributed by atoms with Crippen LogP contribution in [0.15, 0.2) is 24.3 Å². The summed E-state index contributed by atoms with van der Waals surface area (Å²) in [4.78, 5) is 40.7. The van der Waals surface area contributed by atoms with E-state index in [9.17, 15) is 22.8 Å². The molecule has 1 aliphatic carbocycles. The Balaban J connectivity index is 0. The molecule has 3 aliphatic rings. The summed E-state index contributed by atoms with van der Waals surface area (Å²) in [5.41, 5.74) is 0.639. The lowest BCUT2D eigenvalue weighted by molar-refractivity contribution is -0.139. The van der Waals surface area contributed by atoms with Crippen molar-refractivity contribution in [2.24, 2.45) is 11.8 Å². The molecule has 39 heavy (non-hydrogen) atoms. The van der Waals surface area contributed by atoms with Gasteiger partial charge in [-0.05, 0) is 48.9 Å². The molecule has 16 heteroatoms. The second-order valence-electron chi connectivity index (χ2n) is 9.62. The molecule has 1 saturated carbocycles. The molecule has 1 aromatic rings. The van der Waals surface area contributed by atoms with E-state index >= 15 is 0 Å². The third kappa shape index (κ3) is 9.83. The van der Waals surface area contributed by atoms with Crippen molar-refractivity contribution < 1.29 is 27.5 Å². The van der Waals surface area contributed by atoms with E-state index in [0.29, 0.717) is 17.2 Å². The number of likely N-dealkylation sites (tertiary alicyclic amines) is 1. The molecule has 4 rings (SSSR count). The standard InChI is InChI=1S/C23H30ClN3O6S.5H2S/c1-13-3-5-14(6-4-13)19(23(30)27-11-17(24)21-20(27)18(28)12-33-21)25-22(29)15-7-9-16(10-8-15)26-34(2,31)32;;;;;/h7-10,13-14,17,19-21,26H,3-6,11-12H2,1-2H3,(H,25,29);5*1H2/t13?,14?,17-,19-,20+,21+;;;;;/m0...../s1. The van der Waals surface area contributed by atoms with Crippen molar-refractivity contribution in [3.05, 3.63) is 29.8 Å². The molecule has 1 aromatic carbocycles. The largest absolute Gasteiger partial charge is 0.366 e. The summed E-state index contributed by atoms with van der Waals surface area (Å²) in [6.45, 7) is 2.31. The summed E-state index contributed by atoms with van der Waals surface area (Å²) >= 11 is 6.38. The molecule has 0 bridgehead atoms. The molecule has 226 valence electrons. The van der Waals surface area contributed by atoms with Gasteiger partial charge < -0.3 is 15.0 Å². The van der Waals surface area contributed by atoms with Crippen LogP contribution in [0.1, 0.15) is 43.0 Å². The summed E-state index contributed by atoms with van der Waals surface area (Å²) in [5.74, 6) is -0.400. The first-order chi connectivity index (χ1) is 16.0. The first kappa shape index (κ1) is 40.7. The maximum Gasteiger partial charge on any atom is 0.251 e. The predicted octanol–water partition coefficient (Wildman–Crippen LogP) is 2.33. The van der Waals surface area contributed by atoms with Crippen LogP contribution in [0.2, 0.25) is 0 Å². The van der Waals surface area contributed by atoms with Crippen molar-refractivity contribution in [3.8, 4) is 0 Å². The van der Waals surface area contributed by atoms with Crippen molar-refractivity contribution in [1.82, 2.24) is 10.2 Å². The molecule has 3 fully saturated rings. The van der Waals surface area contributed by atoms with Gasteiger partial charge in [-0.1, -0.05) is 19.8 Å². The SMILES string of the molecule is CC1CCC([C@H](NC(=O)c2ccc(NS(C)(=O)=O)cc2)C(=O)N2C[C@H](Cl)[C@H]3OCC(=O)[C@H]32)CC1.S.S.S.S.S. The van der Waals surface area contributed by atoms with Gasteiger partial charge in [0, 0.05) is 17.8 Å². The molecule has 2 saturated heterocycles. The smallest absolute Gasteiger partial charge is 0.251 e. The number of fused-ring (bicyclic) bond motifs is 1. The minimum atomic E-state index is -3.43. The lowest BCUT2D eigenvalue weighted by atomic mass is 9.78. The number of nitrogens with zero attached hydrogens (tertiary/aromatic N) is 1. The quantitative estimate of drug-likeness (QED) is 0.445. The van der Waals surface area contributed by atoms with Gasteiger partial charge in [-0.25, -0.2) is 8.42 Å². The van der Waals surface area contributed by atoms with Gasteiger partial charge in [0.1, 0.15) is 24.8 Å². The Morgan fingerprint density at radius 3 is 2.13 bits per heavy atom. The zero-order chi connectivity index (χ0) is 24.6. The average Bonchev–Trinajstić information content (AvgIpc) is 3.32. The number of anilines is 1. The molecule has 2 amide bonds. The van der Waals surface area contributed by atoms with Gasteiger partial charge in [0.05, 0.1) is 11.6 Å². The van der Waals surface area contributed by atoms with Gasteiger partial charge in [0.2, 0.25) is 15.9 Å². The zero-order valence-electron chi connectivity index (χ0n) is 21.7. The van der Waals surface area contributed by atoms with Crippen LogP contribution in [-0.4, -0.2) is 73.9 Å². The third-order valence-corrected chi connectivity index (χ3v) is 7.93. The summed E-state index contributed by atoms with van der Waals surface area (Å²) in [5, 5.41) is 2.43. The van der Waals surface area contributed by atoms with Crippen LogP contribution in [0.5, 0.6) is 0 Å². The Morgan fingerprint density at radius 1 is 1.03 bits per heavy atom. The number of hydrogen-bond acceptors (Lipinski definition) is 6. The second-order valence-corrected chi connectivity index (χ2v) is 11.9. The first-order valence-corrected chi connectivity index (χ1v) is 13.8. The van der Waals surface area contributed by atoms with Crippen LogP contribution < -0.4 is 10.0 Å². The van der Waals surface area contributed by atoms with Crippen molar-refractivity contribution in [2.45, 2.75) is 56.2 Å². The first-order valence-electron chi connectivity index (χ1n) is 11.5. The van der Waals surface area contributed by atoms with Crippen molar-refractivity contribution in [3.63, 3.8) is 0 Å². The fourth-order valence-corrected chi connectivity index (χ4v) is 6.05. The molecule has 2 heterocycles. The molecule has 2 N–H and O–H groups in total. The number of ether oxygens (including phenoxy) is 1. The Bertz CT molecular complexity index is 1070. The molecule has 0 radical (unpaired) electrons. The molecule has 2 aliphatic heterocycles. The van der Waals surface area contributed by atoms with Gasteiger partial charge in [-0.15, -0.1) is 11.6 Å². The van der Waals surface area contributed by atoms with E-state index < -0.39 is 39.5 Å². The minimum absolute atomic E-state index is 0. The van der Waals surface area contributed by atoms with E-state index in [2.05, 4.69) is 17.0 Å². The second kappa shape index (κ2) is 16.9. The summed E-state index contributed by atoms with van der Waals surface area (Å²) in [6.07, 6.45) is 4.04. The summed E-state index contributed by atoms with van der Waals surface area (Å²) in [7, 11) is -3.43. The Morgan fingerprint density at radius 2 is 1.59 bits per heavy atom. The predicted molar refractivity (Wildman–Crippen MR) is 179 cm³/mol. The van der Waals surface area contributed by atoms with Gasteiger partial charge in [-0.2, -0.15) is 67.5 Å². The fourth-order valence-electron chi connectivity index (χ4n) is 5.13. The number of halogens is 1. The normalized spacial score (nSPS) is 26.2. The number of Topliss-reactive ketones (excluding diaryl/α,β-unsaturated/α-hetero) is 1. The molecule has 0 spiro atoms. The van der Waals surface area contributed by atoms with Gasteiger partial charge >= 0.3 is 0 Å². The topological polar surface area (TPSA) is 122 Å². The number of carbonyl (C=O) groups is 3. The van der Waals surface area contributed by atoms with E-state index in [1.807, 2.05) is 0 Å². The van der Waals surface area contributed by atoms with E-state index in [0.717, 1.165) is 31.9 Å². The fraction of sp³-hybridized carbons (Fsp3) is 0.609. The number of hydrogen-bond donors (Lipinski definition) is 2. The number of nitrogens with one attached hydrogen (secondary N) is 2. The zero-order valence-corrected chi connectivity index (χ0v) is 28.3. The Hall–Kier alpha value is -0.420. The number of amides is 2. The molecule has 9 nitrogen and oxygen atoms in total. The highest BCUT2D eigenvalue weighted by Gasteiger charge is 2.53.